The van der Waals surface area contributed by atoms with Crippen LogP contribution in [0.15, 0.2) is 36.4 Å². The maximum Gasteiger partial charge on any atom is 0.0249 e. The first-order valence-corrected chi connectivity index (χ1v) is 12.0. The maximum atomic E-state index is 3.27. The molecule has 3 rings (SSSR count). The van der Waals surface area contributed by atoms with Crippen LogP contribution in [-0.2, 0) is 6.42 Å². The van der Waals surface area contributed by atoms with Crippen molar-refractivity contribution in [3.05, 3.63) is 47.5 Å². The van der Waals surface area contributed by atoms with E-state index in [2.05, 4.69) is 62.1 Å². The Hall–Kier alpha value is -1.48. The van der Waals surface area contributed by atoms with Crippen LogP contribution in [0.3, 0.4) is 0 Å². The summed E-state index contributed by atoms with van der Waals surface area (Å²) in [4.78, 5) is 0. The minimum atomic E-state index is 0.757. The minimum absolute atomic E-state index is 0.757. The lowest BCUT2D eigenvalue weighted by Gasteiger charge is -2.31. The molecule has 0 heteroatoms. The van der Waals surface area contributed by atoms with Crippen LogP contribution in [0.25, 0.3) is 0 Å². The lowest BCUT2D eigenvalue weighted by molar-refractivity contribution is 0.224. The van der Waals surface area contributed by atoms with Crippen LogP contribution in [0.2, 0.25) is 0 Å². The fraction of sp³-hybridized carbons (Fsp3) is 0.643. The Kier molecular flexibility index (Phi) is 8.72. The molecule has 0 radical (unpaired) electrons. The third kappa shape index (κ3) is 6.84. The van der Waals surface area contributed by atoms with Crippen molar-refractivity contribution in [3.63, 3.8) is 0 Å². The quantitative estimate of drug-likeness (QED) is 0.442. The fourth-order valence-electron chi connectivity index (χ4n) is 5.20. The van der Waals surface area contributed by atoms with E-state index in [1.165, 1.54) is 76.2 Å². The van der Waals surface area contributed by atoms with Crippen LogP contribution in [0.5, 0.6) is 0 Å². The minimum Gasteiger partial charge on any atom is -0.0730 e. The van der Waals surface area contributed by atoms with Gasteiger partial charge in [0.25, 0.3) is 0 Å². The van der Waals surface area contributed by atoms with E-state index in [0.717, 1.165) is 35.7 Å². The summed E-state index contributed by atoms with van der Waals surface area (Å²) in [5, 5.41) is 0. The zero-order valence-corrected chi connectivity index (χ0v) is 18.3. The van der Waals surface area contributed by atoms with Gasteiger partial charge in [0.05, 0.1) is 0 Å². The van der Waals surface area contributed by atoms with Crippen LogP contribution in [0.1, 0.15) is 95.6 Å². The van der Waals surface area contributed by atoms with Crippen molar-refractivity contribution in [1.29, 1.82) is 0 Å². The number of hydrogen-bond acceptors (Lipinski definition) is 0. The van der Waals surface area contributed by atoms with Crippen LogP contribution < -0.4 is 0 Å². The van der Waals surface area contributed by atoms with E-state index in [1.807, 2.05) is 0 Å². The number of allylic oxidation sites excluding steroid dienone is 2. The molecule has 152 valence electrons. The topological polar surface area (TPSA) is 0 Å². The molecule has 0 unspecified atom stereocenters. The van der Waals surface area contributed by atoms with Crippen LogP contribution in [0.4, 0.5) is 0 Å². The number of aryl methyl sites for hydroxylation is 1. The Labute approximate surface area is 174 Å². The Bertz CT molecular complexity index is 638. The van der Waals surface area contributed by atoms with Gasteiger partial charge in [-0.15, -0.1) is 0 Å². The molecule has 0 bridgehead atoms. The lowest BCUT2D eigenvalue weighted by Crippen LogP contribution is -2.17. The highest BCUT2D eigenvalue weighted by Crippen LogP contribution is 2.37. The van der Waals surface area contributed by atoms with Gasteiger partial charge in [-0.05, 0) is 79.5 Å². The first-order chi connectivity index (χ1) is 13.8. The monoisotopic (exact) mass is 376 g/mol. The Morgan fingerprint density at radius 1 is 0.786 bits per heavy atom. The van der Waals surface area contributed by atoms with Gasteiger partial charge in [-0.2, -0.15) is 0 Å². The van der Waals surface area contributed by atoms with Crippen LogP contribution in [0, 0.1) is 35.5 Å². The van der Waals surface area contributed by atoms with Crippen molar-refractivity contribution in [2.45, 2.75) is 90.9 Å². The maximum absolute atomic E-state index is 3.27. The Morgan fingerprint density at radius 2 is 1.36 bits per heavy atom. The molecule has 0 nitrogen and oxygen atoms in total. The van der Waals surface area contributed by atoms with Gasteiger partial charge in [0.15, 0.2) is 0 Å². The molecular formula is C28H40. The third-order valence-electron chi connectivity index (χ3n) is 7.45. The van der Waals surface area contributed by atoms with E-state index in [0.29, 0.717) is 0 Å². The largest absolute Gasteiger partial charge is 0.0730 e. The summed E-state index contributed by atoms with van der Waals surface area (Å²) in [6.07, 6.45) is 21.6. The van der Waals surface area contributed by atoms with E-state index in [9.17, 15) is 0 Å². The molecule has 2 aliphatic carbocycles. The molecule has 0 amide bonds. The zero-order chi connectivity index (χ0) is 19.6. The summed E-state index contributed by atoms with van der Waals surface area (Å²) in [7, 11) is 0. The van der Waals surface area contributed by atoms with Gasteiger partial charge in [-0.3, -0.25) is 0 Å². The van der Waals surface area contributed by atoms with Crippen molar-refractivity contribution in [2.75, 3.05) is 0 Å². The predicted octanol–water partition coefficient (Wildman–Crippen LogP) is 7.96. The molecule has 0 spiro atoms. The molecule has 0 atom stereocenters. The standard InChI is InChI=1S/C28H40/c1-3-23-9-13-25(14-10-23)7-5-6-8-26-17-19-28(20-18-26)22-21-27-15-11-24(4-2)12-16-27/h6,8-10,13-14,24,26-28H,3-4,11-12,15-22H2,1-2H3/t24-,26-,27-,28-. The molecular weight excluding hydrogens is 336 g/mol. The average Bonchev–Trinajstić information content (AvgIpc) is 2.77. The van der Waals surface area contributed by atoms with Gasteiger partial charge in [0, 0.05) is 5.56 Å². The highest BCUT2D eigenvalue weighted by atomic mass is 14.3. The smallest absolute Gasteiger partial charge is 0.0249 e. The highest BCUT2D eigenvalue weighted by Gasteiger charge is 2.23. The fourth-order valence-corrected chi connectivity index (χ4v) is 5.20. The van der Waals surface area contributed by atoms with E-state index < -0.39 is 0 Å². The SMILES string of the molecule is CCc1ccc(C#CC=C[C@H]2CC[C@H](CC[C@H]3CC[C@H](CC)CC3)CC2)cc1. The van der Waals surface area contributed by atoms with E-state index in [1.54, 1.807) is 0 Å². The highest BCUT2D eigenvalue weighted by molar-refractivity contribution is 5.38. The second kappa shape index (κ2) is 11.5. The van der Waals surface area contributed by atoms with E-state index in [-0.39, 0.29) is 0 Å². The second-order valence-electron chi connectivity index (χ2n) is 9.33. The van der Waals surface area contributed by atoms with E-state index in [4.69, 9.17) is 0 Å². The van der Waals surface area contributed by atoms with Crippen molar-refractivity contribution < 1.29 is 0 Å². The van der Waals surface area contributed by atoms with Gasteiger partial charge in [-0.1, -0.05) is 88.8 Å². The molecule has 2 fully saturated rings. The molecule has 0 aliphatic heterocycles. The average molecular weight is 377 g/mol. The van der Waals surface area contributed by atoms with Gasteiger partial charge >= 0.3 is 0 Å². The van der Waals surface area contributed by atoms with Crippen molar-refractivity contribution in [3.8, 4) is 11.8 Å². The summed E-state index contributed by atoms with van der Waals surface area (Å²) in [6.45, 7) is 4.56. The molecule has 28 heavy (non-hydrogen) atoms. The normalized spacial score (nSPS) is 28.1. The first kappa shape index (κ1) is 21.2. The Balaban J connectivity index is 1.33. The molecule has 2 aliphatic rings. The predicted molar refractivity (Wildman–Crippen MR) is 122 cm³/mol. The molecule has 0 heterocycles. The number of rotatable bonds is 6. The molecule has 0 aromatic heterocycles. The number of benzene rings is 1. The van der Waals surface area contributed by atoms with Gasteiger partial charge in [-0.25, -0.2) is 0 Å². The van der Waals surface area contributed by atoms with Gasteiger partial charge in [0.2, 0.25) is 0 Å². The van der Waals surface area contributed by atoms with Gasteiger partial charge < -0.3 is 0 Å². The third-order valence-corrected chi connectivity index (χ3v) is 7.45. The van der Waals surface area contributed by atoms with Gasteiger partial charge in [0.1, 0.15) is 0 Å². The molecule has 1 aromatic rings. The zero-order valence-electron chi connectivity index (χ0n) is 18.3. The second-order valence-corrected chi connectivity index (χ2v) is 9.33. The van der Waals surface area contributed by atoms with Crippen molar-refractivity contribution in [1.82, 2.24) is 0 Å². The summed E-state index contributed by atoms with van der Waals surface area (Å²) in [5.41, 5.74) is 2.50. The van der Waals surface area contributed by atoms with E-state index >= 15 is 0 Å². The summed E-state index contributed by atoms with van der Waals surface area (Å²) in [5.74, 6) is 10.4. The summed E-state index contributed by atoms with van der Waals surface area (Å²) < 4.78 is 0. The Morgan fingerprint density at radius 3 is 1.93 bits per heavy atom. The molecule has 1 aromatic carbocycles. The first-order valence-electron chi connectivity index (χ1n) is 12.0. The van der Waals surface area contributed by atoms with Crippen LogP contribution in [-0.4, -0.2) is 0 Å². The van der Waals surface area contributed by atoms with Crippen LogP contribution >= 0.6 is 0 Å². The molecule has 0 N–H and O–H groups in total. The van der Waals surface area contributed by atoms with Crippen molar-refractivity contribution >= 4 is 0 Å². The molecule has 0 saturated heterocycles. The lowest BCUT2D eigenvalue weighted by atomic mass is 9.75. The molecule has 2 saturated carbocycles. The van der Waals surface area contributed by atoms with Crippen molar-refractivity contribution in [2.24, 2.45) is 23.7 Å². The number of hydrogen-bond donors (Lipinski definition) is 0. The summed E-state index contributed by atoms with van der Waals surface area (Å²) >= 11 is 0. The summed E-state index contributed by atoms with van der Waals surface area (Å²) in [6, 6.07) is 8.65.